The zero-order valence-corrected chi connectivity index (χ0v) is 20.3. The summed E-state index contributed by atoms with van der Waals surface area (Å²) in [5.74, 6) is 0.829. The van der Waals surface area contributed by atoms with Gasteiger partial charge in [-0.1, -0.05) is 54.6 Å². The minimum Gasteiger partial charge on any atom is -0.381 e. The van der Waals surface area contributed by atoms with E-state index < -0.39 is 0 Å². The Morgan fingerprint density at radius 3 is 2.40 bits per heavy atom. The molecule has 0 aromatic heterocycles. The van der Waals surface area contributed by atoms with Gasteiger partial charge in [-0.05, 0) is 43.4 Å². The van der Waals surface area contributed by atoms with E-state index in [0.717, 1.165) is 38.6 Å². The molecule has 164 valence electrons. The maximum absolute atomic E-state index is 6.00. The molecular formula is C24H34IN3O2. The van der Waals surface area contributed by atoms with Crippen molar-refractivity contribution in [1.82, 2.24) is 10.6 Å². The lowest BCUT2D eigenvalue weighted by Crippen LogP contribution is -2.38. The molecule has 0 saturated carbocycles. The molecule has 1 fully saturated rings. The van der Waals surface area contributed by atoms with Crippen molar-refractivity contribution in [3.8, 4) is 0 Å². The van der Waals surface area contributed by atoms with Gasteiger partial charge in [0.25, 0.3) is 0 Å². The molecule has 1 saturated heterocycles. The molecule has 0 aliphatic carbocycles. The molecule has 5 nitrogen and oxygen atoms in total. The number of guanidine groups is 1. The second-order valence-corrected chi connectivity index (χ2v) is 7.41. The summed E-state index contributed by atoms with van der Waals surface area (Å²) in [6.07, 6.45) is 2.32. The van der Waals surface area contributed by atoms with Crippen molar-refractivity contribution in [2.24, 2.45) is 4.99 Å². The Bertz CT molecular complexity index is 747. The normalized spacial score (nSPS) is 15.9. The molecule has 2 N–H and O–H groups in total. The highest BCUT2D eigenvalue weighted by Gasteiger charge is 2.14. The maximum atomic E-state index is 6.00. The van der Waals surface area contributed by atoms with Gasteiger partial charge in [0.1, 0.15) is 0 Å². The Labute approximate surface area is 197 Å². The van der Waals surface area contributed by atoms with Gasteiger partial charge in [0.2, 0.25) is 0 Å². The number of halogens is 1. The monoisotopic (exact) mass is 523 g/mol. The molecule has 0 bridgehead atoms. The van der Waals surface area contributed by atoms with Crippen molar-refractivity contribution >= 4 is 29.9 Å². The third kappa shape index (κ3) is 8.24. The van der Waals surface area contributed by atoms with Crippen LogP contribution in [-0.2, 0) is 22.6 Å². The molecule has 0 amide bonds. The molecule has 1 aliphatic rings. The summed E-state index contributed by atoms with van der Waals surface area (Å²) >= 11 is 0. The third-order valence-corrected chi connectivity index (χ3v) is 5.09. The standard InChI is InChI=1S/C24H33N3O2.HI/c1-3-25-24(27-19(2)22-7-5-4-6-8-22)26-17-20-9-11-21(12-10-20)18-29-23-13-15-28-16-14-23;/h4-12,19,23H,3,13-18H2,1-2H3,(H2,25,26,27);1H. The summed E-state index contributed by atoms with van der Waals surface area (Å²) in [6.45, 7) is 7.98. The van der Waals surface area contributed by atoms with Crippen molar-refractivity contribution in [2.45, 2.75) is 52.0 Å². The quantitative estimate of drug-likeness (QED) is 0.296. The van der Waals surface area contributed by atoms with Gasteiger partial charge in [-0.25, -0.2) is 4.99 Å². The number of ether oxygens (including phenoxy) is 2. The molecular weight excluding hydrogens is 489 g/mol. The summed E-state index contributed by atoms with van der Waals surface area (Å²) < 4.78 is 11.4. The Hall–Kier alpha value is -1.64. The smallest absolute Gasteiger partial charge is 0.192 e. The summed E-state index contributed by atoms with van der Waals surface area (Å²) in [6, 6.07) is 19.1. The summed E-state index contributed by atoms with van der Waals surface area (Å²) in [5.41, 5.74) is 3.63. The minimum atomic E-state index is 0. The number of benzene rings is 2. The van der Waals surface area contributed by atoms with Gasteiger partial charge in [-0.15, -0.1) is 24.0 Å². The molecule has 1 unspecified atom stereocenters. The fraction of sp³-hybridized carbons (Fsp3) is 0.458. The zero-order chi connectivity index (χ0) is 20.3. The fourth-order valence-electron chi connectivity index (χ4n) is 3.32. The second-order valence-electron chi connectivity index (χ2n) is 7.41. The minimum absolute atomic E-state index is 0. The summed E-state index contributed by atoms with van der Waals surface area (Å²) in [4.78, 5) is 4.75. The second kappa shape index (κ2) is 13.6. The van der Waals surface area contributed by atoms with Gasteiger partial charge < -0.3 is 20.1 Å². The van der Waals surface area contributed by atoms with Gasteiger partial charge in [0, 0.05) is 19.8 Å². The van der Waals surface area contributed by atoms with Crippen molar-refractivity contribution < 1.29 is 9.47 Å². The highest BCUT2D eigenvalue weighted by atomic mass is 127. The van der Waals surface area contributed by atoms with E-state index in [4.69, 9.17) is 14.5 Å². The van der Waals surface area contributed by atoms with Gasteiger partial charge >= 0.3 is 0 Å². The number of hydrogen-bond acceptors (Lipinski definition) is 3. The molecule has 0 spiro atoms. The van der Waals surface area contributed by atoms with Crippen LogP contribution < -0.4 is 10.6 Å². The van der Waals surface area contributed by atoms with Crippen LogP contribution in [0.1, 0.15) is 49.4 Å². The lowest BCUT2D eigenvalue weighted by Gasteiger charge is -2.22. The maximum Gasteiger partial charge on any atom is 0.192 e. The van der Waals surface area contributed by atoms with Crippen molar-refractivity contribution in [2.75, 3.05) is 19.8 Å². The Balaban J connectivity index is 0.00000320. The van der Waals surface area contributed by atoms with Crippen molar-refractivity contribution in [3.63, 3.8) is 0 Å². The topological polar surface area (TPSA) is 54.9 Å². The van der Waals surface area contributed by atoms with Crippen LogP contribution in [0.2, 0.25) is 0 Å². The largest absolute Gasteiger partial charge is 0.381 e. The Morgan fingerprint density at radius 2 is 1.73 bits per heavy atom. The third-order valence-electron chi connectivity index (χ3n) is 5.09. The molecule has 3 rings (SSSR count). The van der Waals surface area contributed by atoms with Gasteiger partial charge in [0.15, 0.2) is 5.96 Å². The zero-order valence-electron chi connectivity index (χ0n) is 18.0. The van der Waals surface area contributed by atoms with Crippen LogP contribution in [0.15, 0.2) is 59.6 Å². The first kappa shape index (κ1) is 24.6. The molecule has 0 radical (unpaired) electrons. The molecule has 1 atom stereocenters. The first-order valence-corrected chi connectivity index (χ1v) is 10.6. The van der Waals surface area contributed by atoms with Crippen molar-refractivity contribution in [3.05, 3.63) is 71.3 Å². The Morgan fingerprint density at radius 1 is 1.07 bits per heavy atom. The summed E-state index contributed by atoms with van der Waals surface area (Å²) in [7, 11) is 0. The Kier molecular flexibility index (Phi) is 11.2. The van der Waals surface area contributed by atoms with Crippen LogP contribution in [0, 0.1) is 0 Å². The van der Waals surface area contributed by atoms with Crippen LogP contribution >= 0.6 is 24.0 Å². The number of hydrogen-bond donors (Lipinski definition) is 2. The number of rotatable bonds is 8. The van der Waals surface area contributed by atoms with E-state index in [0.29, 0.717) is 19.3 Å². The number of nitrogens with one attached hydrogen (secondary N) is 2. The fourth-order valence-corrected chi connectivity index (χ4v) is 3.32. The lowest BCUT2D eigenvalue weighted by molar-refractivity contribution is -0.0390. The average molecular weight is 523 g/mol. The highest BCUT2D eigenvalue weighted by molar-refractivity contribution is 14.0. The SMILES string of the molecule is CCNC(=NCc1ccc(COC2CCOCC2)cc1)NC(C)c1ccccc1.I. The first-order chi connectivity index (χ1) is 14.2. The van der Waals surface area contributed by atoms with Crippen molar-refractivity contribution in [1.29, 1.82) is 0 Å². The van der Waals surface area contributed by atoms with E-state index in [-0.39, 0.29) is 30.0 Å². The number of nitrogens with zero attached hydrogens (tertiary/aromatic N) is 1. The molecule has 30 heavy (non-hydrogen) atoms. The molecule has 2 aromatic rings. The summed E-state index contributed by atoms with van der Waals surface area (Å²) in [5, 5.41) is 6.81. The molecule has 6 heteroatoms. The van der Waals surface area contributed by atoms with Crippen LogP contribution in [-0.4, -0.2) is 31.8 Å². The van der Waals surface area contributed by atoms with Crippen LogP contribution in [0.25, 0.3) is 0 Å². The van der Waals surface area contributed by atoms with Gasteiger partial charge in [-0.3, -0.25) is 0 Å². The average Bonchev–Trinajstić information content (AvgIpc) is 2.78. The van der Waals surface area contributed by atoms with Crippen LogP contribution in [0.5, 0.6) is 0 Å². The van der Waals surface area contributed by atoms with Gasteiger partial charge in [0.05, 0.1) is 25.3 Å². The van der Waals surface area contributed by atoms with E-state index >= 15 is 0 Å². The van der Waals surface area contributed by atoms with E-state index in [2.05, 4.69) is 73.0 Å². The van der Waals surface area contributed by atoms with E-state index in [1.807, 2.05) is 6.07 Å². The first-order valence-electron chi connectivity index (χ1n) is 10.6. The predicted molar refractivity (Wildman–Crippen MR) is 133 cm³/mol. The van der Waals surface area contributed by atoms with Crippen LogP contribution in [0.4, 0.5) is 0 Å². The predicted octanol–water partition coefficient (Wildman–Crippen LogP) is 4.82. The number of aliphatic imine (C=N–C) groups is 1. The molecule has 1 aliphatic heterocycles. The van der Waals surface area contributed by atoms with E-state index in [1.54, 1.807) is 0 Å². The molecule has 1 heterocycles. The lowest BCUT2D eigenvalue weighted by atomic mass is 10.1. The van der Waals surface area contributed by atoms with E-state index in [1.165, 1.54) is 16.7 Å². The van der Waals surface area contributed by atoms with Gasteiger partial charge in [-0.2, -0.15) is 0 Å². The van der Waals surface area contributed by atoms with Crippen LogP contribution in [0.3, 0.4) is 0 Å². The highest BCUT2D eigenvalue weighted by Crippen LogP contribution is 2.14. The molecule has 2 aromatic carbocycles. The van der Waals surface area contributed by atoms with E-state index in [9.17, 15) is 0 Å².